The fraction of sp³-hybridized carbons (Fsp3) is 0.548. The molecule has 0 unspecified atom stereocenters. The molecule has 0 aromatic heterocycles. The van der Waals surface area contributed by atoms with E-state index < -0.39 is 6.10 Å². The largest absolute Gasteiger partial charge is 0.481 e. The van der Waals surface area contributed by atoms with Crippen LogP contribution in [0.2, 0.25) is 0 Å². The molecule has 5 rings (SSSR count). The second kappa shape index (κ2) is 12.3. The van der Waals surface area contributed by atoms with Gasteiger partial charge in [0.05, 0.1) is 6.04 Å². The number of halogens is 1. The van der Waals surface area contributed by atoms with Gasteiger partial charge in [0.2, 0.25) is 5.91 Å². The third-order valence-corrected chi connectivity index (χ3v) is 8.39. The molecule has 204 valence electrons. The van der Waals surface area contributed by atoms with E-state index >= 15 is 0 Å². The summed E-state index contributed by atoms with van der Waals surface area (Å²) < 4.78 is 20.0. The van der Waals surface area contributed by atoms with Gasteiger partial charge in [-0.05, 0) is 92.6 Å². The highest BCUT2D eigenvalue weighted by molar-refractivity contribution is 5.81. The first-order chi connectivity index (χ1) is 18.5. The number of hydrogen-bond donors (Lipinski definition) is 1. The zero-order chi connectivity index (χ0) is 26.5. The molecule has 2 atom stereocenters. The molecular formula is C31H40FN3O3. The number of carbonyl (C=O) groups excluding carboxylic acids is 2. The lowest BCUT2D eigenvalue weighted by atomic mass is 9.87. The summed E-state index contributed by atoms with van der Waals surface area (Å²) in [6.45, 7) is 6.29. The molecule has 0 bridgehead atoms. The maximum Gasteiger partial charge on any atom is 0.261 e. The molecule has 2 amide bonds. The number of hydrogen-bond acceptors (Lipinski definition) is 4. The van der Waals surface area contributed by atoms with E-state index in [1.54, 1.807) is 12.1 Å². The fourth-order valence-corrected chi connectivity index (χ4v) is 6.26. The molecule has 1 N–H and O–H groups in total. The highest BCUT2D eigenvalue weighted by Gasteiger charge is 2.36. The first-order valence-electron chi connectivity index (χ1n) is 14.4. The van der Waals surface area contributed by atoms with Gasteiger partial charge in [-0.25, -0.2) is 4.39 Å². The Balaban J connectivity index is 1.35. The highest BCUT2D eigenvalue weighted by Crippen LogP contribution is 2.40. The Morgan fingerprint density at radius 3 is 2.47 bits per heavy atom. The minimum absolute atomic E-state index is 0.0626. The van der Waals surface area contributed by atoms with E-state index in [0.717, 1.165) is 68.4 Å². The number of carbonyl (C=O) groups is 2. The van der Waals surface area contributed by atoms with Crippen LogP contribution in [0.5, 0.6) is 5.75 Å². The first kappa shape index (κ1) is 26.7. The molecule has 2 aromatic carbocycles. The van der Waals surface area contributed by atoms with E-state index in [1.165, 1.54) is 25.0 Å². The van der Waals surface area contributed by atoms with Crippen molar-refractivity contribution in [1.82, 2.24) is 15.1 Å². The fourth-order valence-electron chi connectivity index (χ4n) is 6.26. The highest BCUT2D eigenvalue weighted by atomic mass is 19.1. The van der Waals surface area contributed by atoms with Crippen molar-refractivity contribution >= 4 is 11.8 Å². The molecule has 0 radical (unpaired) electrons. The van der Waals surface area contributed by atoms with Crippen molar-refractivity contribution in [2.75, 3.05) is 32.7 Å². The Hall–Kier alpha value is -2.93. The van der Waals surface area contributed by atoms with Gasteiger partial charge in [-0.15, -0.1) is 0 Å². The topological polar surface area (TPSA) is 61.9 Å². The first-order valence-corrected chi connectivity index (χ1v) is 14.4. The van der Waals surface area contributed by atoms with Crippen molar-refractivity contribution < 1.29 is 18.7 Å². The van der Waals surface area contributed by atoms with Crippen LogP contribution in [0.3, 0.4) is 0 Å². The van der Waals surface area contributed by atoms with Gasteiger partial charge in [-0.3, -0.25) is 9.59 Å². The average Bonchev–Trinajstić information content (AvgIpc) is 3.66. The van der Waals surface area contributed by atoms with E-state index in [1.807, 2.05) is 24.0 Å². The summed E-state index contributed by atoms with van der Waals surface area (Å²) in [5.41, 5.74) is 3.05. The molecular weight excluding hydrogens is 481 g/mol. The van der Waals surface area contributed by atoms with E-state index in [4.69, 9.17) is 4.74 Å². The van der Waals surface area contributed by atoms with Crippen LogP contribution in [0.25, 0.3) is 0 Å². The van der Waals surface area contributed by atoms with Gasteiger partial charge in [0.25, 0.3) is 5.91 Å². The Kier molecular flexibility index (Phi) is 8.62. The van der Waals surface area contributed by atoms with Gasteiger partial charge in [-0.2, -0.15) is 0 Å². The number of amides is 2. The summed E-state index contributed by atoms with van der Waals surface area (Å²) in [5, 5.41) is 3.04. The summed E-state index contributed by atoms with van der Waals surface area (Å²) >= 11 is 0. The number of rotatable bonds is 9. The molecule has 2 fully saturated rings. The third-order valence-electron chi connectivity index (χ3n) is 8.39. The van der Waals surface area contributed by atoms with E-state index in [0.29, 0.717) is 25.3 Å². The monoisotopic (exact) mass is 521 g/mol. The zero-order valence-electron chi connectivity index (χ0n) is 22.5. The minimum atomic E-state index is -0.587. The molecule has 6 nitrogen and oxygen atoms in total. The van der Waals surface area contributed by atoms with E-state index in [2.05, 4.69) is 16.3 Å². The van der Waals surface area contributed by atoms with Crippen molar-refractivity contribution in [3.63, 3.8) is 0 Å². The number of likely N-dealkylation sites (tertiary alicyclic amines) is 1. The van der Waals surface area contributed by atoms with Gasteiger partial charge >= 0.3 is 0 Å². The van der Waals surface area contributed by atoms with Crippen LogP contribution in [0.15, 0.2) is 42.5 Å². The molecule has 2 aromatic rings. The lowest BCUT2D eigenvalue weighted by Gasteiger charge is -2.39. The van der Waals surface area contributed by atoms with Gasteiger partial charge in [0.15, 0.2) is 6.10 Å². The Morgan fingerprint density at radius 1 is 1.03 bits per heavy atom. The predicted molar refractivity (Wildman–Crippen MR) is 145 cm³/mol. The maximum atomic E-state index is 13.8. The van der Waals surface area contributed by atoms with Crippen molar-refractivity contribution in [1.29, 1.82) is 0 Å². The summed E-state index contributed by atoms with van der Waals surface area (Å²) in [6, 6.07) is 12.1. The Bertz CT molecular complexity index is 1110. The average molecular weight is 522 g/mol. The zero-order valence-corrected chi connectivity index (χ0v) is 22.5. The lowest BCUT2D eigenvalue weighted by Crippen LogP contribution is -2.43. The van der Waals surface area contributed by atoms with E-state index in [9.17, 15) is 14.0 Å². The molecule has 2 aliphatic heterocycles. The molecule has 1 aliphatic carbocycles. The molecule has 2 heterocycles. The number of nitrogens with one attached hydrogen (secondary N) is 1. The van der Waals surface area contributed by atoms with Gasteiger partial charge < -0.3 is 19.9 Å². The molecule has 1 saturated carbocycles. The van der Waals surface area contributed by atoms with Crippen LogP contribution in [-0.4, -0.2) is 60.4 Å². The van der Waals surface area contributed by atoms with Gasteiger partial charge in [0, 0.05) is 25.6 Å². The number of ether oxygens (including phenoxy) is 1. The van der Waals surface area contributed by atoms with Crippen LogP contribution in [-0.2, 0) is 16.0 Å². The molecule has 1 saturated heterocycles. The smallest absolute Gasteiger partial charge is 0.261 e. The predicted octanol–water partition coefficient (Wildman–Crippen LogP) is 4.86. The molecule has 3 aliphatic rings. The van der Waals surface area contributed by atoms with Crippen LogP contribution < -0.4 is 10.1 Å². The van der Waals surface area contributed by atoms with Gasteiger partial charge in [-0.1, -0.05) is 38.0 Å². The quantitative estimate of drug-likeness (QED) is 0.512. The number of benzene rings is 2. The van der Waals surface area contributed by atoms with Crippen LogP contribution in [0.1, 0.15) is 74.6 Å². The molecule has 0 spiro atoms. The number of nitrogens with zero attached hydrogens (tertiary/aromatic N) is 2. The number of fused-ring (bicyclic) bond motifs is 1. The molecule has 38 heavy (non-hydrogen) atoms. The summed E-state index contributed by atoms with van der Waals surface area (Å²) in [4.78, 5) is 30.9. The minimum Gasteiger partial charge on any atom is -0.481 e. The standard InChI is InChI=1S/C31H40FN3O3/c1-2-28(30(36)33-16-20-34-17-5-6-18-34)38-26-14-11-22-15-19-35(31(37)24-7-3-4-8-24)29(27(22)21-26)23-9-12-25(32)13-10-23/h9-14,21,24,28-29H,2-8,15-20H2,1H3,(H,33,36)/t28-,29+/m0/s1. The van der Waals surface area contributed by atoms with Crippen molar-refractivity contribution in [2.45, 2.75) is 70.4 Å². The normalized spacial score (nSPS) is 20.8. The molecule has 7 heteroatoms. The second-order valence-electron chi connectivity index (χ2n) is 10.9. The maximum absolute atomic E-state index is 13.8. The third kappa shape index (κ3) is 6.04. The second-order valence-corrected chi connectivity index (χ2v) is 10.9. The SMILES string of the molecule is CC[C@H](Oc1ccc2c(c1)[C@@H](c1ccc(F)cc1)N(C(=O)C1CCCC1)CC2)C(=O)NCCN1CCCC1. The Morgan fingerprint density at radius 2 is 1.76 bits per heavy atom. The van der Waals surface area contributed by atoms with Crippen molar-refractivity contribution in [2.24, 2.45) is 5.92 Å². The van der Waals surface area contributed by atoms with Crippen molar-refractivity contribution in [3.8, 4) is 5.75 Å². The van der Waals surface area contributed by atoms with E-state index in [-0.39, 0.29) is 29.6 Å². The van der Waals surface area contributed by atoms with Gasteiger partial charge in [0.1, 0.15) is 11.6 Å². The van der Waals surface area contributed by atoms with Crippen LogP contribution in [0, 0.1) is 11.7 Å². The van der Waals surface area contributed by atoms with Crippen LogP contribution in [0.4, 0.5) is 4.39 Å². The lowest BCUT2D eigenvalue weighted by molar-refractivity contribution is -0.137. The summed E-state index contributed by atoms with van der Waals surface area (Å²) in [5.74, 6) is 0.479. The van der Waals surface area contributed by atoms with Crippen LogP contribution >= 0.6 is 0 Å². The Labute approximate surface area is 225 Å². The summed E-state index contributed by atoms with van der Waals surface area (Å²) in [7, 11) is 0. The summed E-state index contributed by atoms with van der Waals surface area (Å²) in [6.07, 6.45) is 7.26. The van der Waals surface area contributed by atoms with Crippen molar-refractivity contribution in [3.05, 3.63) is 65.0 Å².